The van der Waals surface area contributed by atoms with Crippen LogP contribution < -0.4 is 19.5 Å². The van der Waals surface area contributed by atoms with E-state index >= 15 is 0 Å². The third kappa shape index (κ3) is 3.01. The third-order valence-corrected chi connectivity index (χ3v) is 3.09. The van der Waals surface area contributed by atoms with Crippen molar-refractivity contribution >= 4 is 0 Å². The number of ether oxygens (including phenoxy) is 3. The smallest absolute Gasteiger partial charge is 0.323 e. The second kappa shape index (κ2) is 5.86. The number of nitrogens with one attached hydrogen (secondary N) is 1. The Balaban J connectivity index is 2.12. The Kier molecular flexibility index (Phi) is 4.19. The van der Waals surface area contributed by atoms with E-state index in [0.29, 0.717) is 23.7 Å². The lowest BCUT2D eigenvalue weighted by Crippen LogP contribution is -2.43. The Hall–Kier alpha value is -1.56. The predicted molar refractivity (Wildman–Crippen MR) is 66.2 cm³/mol. The first-order valence-electron chi connectivity index (χ1n) is 6.07. The highest BCUT2D eigenvalue weighted by atomic mass is 16.5. The van der Waals surface area contributed by atoms with Crippen LogP contribution in [0, 0.1) is 5.92 Å². The van der Waals surface area contributed by atoms with E-state index in [1.807, 2.05) is 0 Å². The Morgan fingerprint density at radius 3 is 2.44 bits per heavy atom. The van der Waals surface area contributed by atoms with E-state index in [9.17, 15) is 0 Å². The van der Waals surface area contributed by atoms with Gasteiger partial charge in [0, 0.05) is 6.54 Å². The molecule has 1 fully saturated rings. The highest BCUT2D eigenvalue weighted by molar-refractivity contribution is 5.22. The summed E-state index contributed by atoms with van der Waals surface area (Å²) in [6.45, 7) is 4.01. The van der Waals surface area contributed by atoms with Crippen molar-refractivity contribution in [2.24, 2.45) is 5.92 Å². The summed E-state index contributed by atoms with van der Waals surface area (Å²) in [5.74, 6) is 1.36. The van der Waals surface area contributed by atoms with Crippen molar-refractivity contribution in [3.8, 4) is 17.8 Å². The number of nitrogens with zero attached hydrogens (tertiary/aromatic N) is 2. The molecule has 0 aromatic carbocycles. The van der Waals surface area contributed by atoms with E-state index in [0.717, 1.165) is 19.5 Å². The van der Waals surface area contributed by atoms with E-state index < -0.39 is 0 Å². The molecule has 1 N–H and O–H groups in total. The first-order valence-corrected chi connectivity index (χ1v) is 6.07. The molecule has 6 nitrogen and oxygen atoms in total. The molecule has 1 aromatic rings. The van der Waals surface area contributed by atoms with Crippen LogP contribution in [0.4, 0.5) is 0 Å². The maximum atomic E-state index is 5.81. The van der Waals surface area contributed by atoms with Crippen molar-refractivity contribution in [2.75, 3.05) is 27.3 Å². The lowest BCUT2D eigenvalue weighted by molar-refractivity contribution is 0.102. The highest BCUT2D eigenvalue weighted by Crippen LogP contribution is 2.22. The van der Waals surface area contributed by atoms with Gasteiger partial charge in [0.1, 0.15) is 6.10 Å². The zero-order chi connectivity index (χ0) is 13.0. The van der Waals surface area contributed by atoms with Crippen LogP contribution >= 0.6 is 0 Å². The van der Waals surface area contributed by atoms with Crippen LogP contribution in [0.25, 0.3) is 0 Å². The van der Waals surface area contributed by atoms with Gasteiger partial charge in [-0.2, -0.15) is 9.97 Å². The lowest BCUT2D eigenvalue weighted by atomic mass is 9.97. The first kappa shape index (κ1) is 12.9. The Morgan fingerprint density at radius 2 is 1.89 bits per heavy atom. The quantitative estimate of drug-likeness (QED) is 0.859. The van der Waals surface area contributed by atoms with Gasteiger partial charge in [0.05, 0.1) is 20.3 Å². The van der Waals surface area contributed by atoms with Gasteiger partial charge in [0.2, 0.25) is 11.8 Å². The molecule has 0 amide bonds. The van der Waals surface area contributed by atoms with Crippen LogP contribution in [0.3, 0.4) is 0 Å². The van der Waals surface area contributed by atoms with Gasteiger partial charge in [0.25, 0.3) is 0 Å². The Labute approximate surface area is 107 Å². The second-order valence-electron chi connectivity index (χ2n) is 4.36. The fourth-order valence-corrected chi connectivity index (χ4v) is 1.90. The molecular formula is C12H19N3O3. The van der Waals surface area contributed by atoms with Crippen LogP contribution in [0.2, 0.25) is 0 Å². The van der Waals surface area contributed by atoms with E-state index in [4.69, 9.17) is 14.2 Å². The molecular weight excluding hydrogens is 234 g/mol. The summed E-state index contributed by atoms with van der Waals surface area (Å²) in [6, 6.07) is 1.92. The summed E-state index contributed by atoms with van der Waals surface area (Å²) in [5.41, 5.74) is 0. The van der Waals surface area contributed by atoms with Gasteiger partial charge in [-0.3, -0.25) is 0 Å². The number of hydrogen-bond acceptors (Lipinski definition) is 6. The van der Waals surface area contributed by atoms with Gasteiger partial charge in [0.15, 0.2) is 0 Å². The minimum atomic E-state index is 0.0792. The minimum absolute atomic E-state index is 0.0792. The lowest BCUT2D eigenvalue weighted by Gasteiger charge is -2.29. The topological polar surface area (TPSA) is 65.5 Å². The maximum absolute atomic E-state index is 5.81. The second-order valence-corrected chi connectivity index (χ2v) is 4.36. The van der Waals surface area contributed by atoms with Gasteiger partial charge in [-0.05, 0) is 18.9 Å². The van der Waals surface area contributed by atoms with Gasteiger partial charge in [-0.25, -0.2) is 0 Å². The number of methoxy groups -OCH3 is 2. The number of piperidine rings is 1. The SMILES string of the molecule is COc1cc(OC)nc(OC2CNCCC2C)n1. The van der Waals surface area contributed by atoms with E-state index in [-0.39, 0.29) is 6.10 Å². The summed E-state index contributed by atoms with van der Waals surface area (Å²) < 4.78 is 16.0. The van der Waals surface area contributed by atoms with E-state index in [2.05, 4.69) is 22.2 Å². The van der Waals surface area contributed by atoms with Crippen molar-refractivity contribution in [1.82, 2.24) is 15.3 Å². The molecule has 0 spiro atoms. The first-order chi connectivity index (χ1) is 8.72. The van der Waals surface area contributed by atoms with Crippen LogP contribution in [0.5, 0.6) is 17.8 Å². The molecule has 0 aliphatic carbocycles. The summed E-state index contributed by atoms with van der Waals surface area (Å²) in [4.78, 5) is 8.33. The van der Waals surface area contributed by atoms with Crippen LogP contribution in [-0.4, -0.2) is 43.4 Å². The molecule has 1 saturated heterocycles. The summed E-state index contributed by atoms with van der Waals surface area (Å²) in [7, 11) is 3.10. The summed E-state index contributed by atoms with van der Waals surface area (Å²) in [6.07, 6.45) is 1.17. The third-order valence-electron chi connectivity index (χ3n) is 3.09. The van der Waals surface area contributed by atoms with Gasteiger partial charge in [-0.1, -0.05) is 6.92 Å². The number of aromatic nitrogens is 2. The highest BCUT2D eigenvalue weighted by Gasteiger charge is 2.24. The molecule has 0 saturated carbocycles. The largest absolute Gasteiger partial charge is 0.481 e. The zero-order valence-corrected chi connectivity index (χ0v) is 11.0. The predicted octanol–water partition coefficient (Wildman–Crippen LogP) is 0.871. The van der Waals surface area contributed by atoms with E-state index in [1.165, 1.54) is 0 Å². The normalized spacial score (nSPS) is 23.5. The van der Waals surface area contributed by atoms with Crippen LogP contribution in [0.15, 0.2) is 6.07 Å². The average molecular weight is 253 g/mol. The summed E-state index contributed by atoms with van der Waals surface area (Å²) in [5, 5.41) is 3.30. The Morgan fingerprint density at radius 1 is 1.22 bits per heavy atom. The fraction of sp³-hybridized carbons (Fsp3) is 0.667. The fourth-order valence-electron chi connectivity index (χ4n) is 1.90. The monoisotopic (exact) mass is 253 g/mol. The molecule has 0 bridgehead atoms. The molecule has 0 radical (unpaired) electrons. The Bertz CT molecular complexity index is 378. The zero-order valence-electron chi connectivity index (χ0n) is 11.0. The number of hydrogen-bond donors (Lipinski definition) is 1. The molecule has 18 heavy (non-hydrogen) atoms. The standard InChI is InChI=1S/C12H19N3O3/c1-8-4-5-13-7-9(8)18-12-14-10(16-2)6-11(15-12)17-3/h6,8-9,13H,4-5,7H2,1-3H3. The molecule has 1 aliphatic heterocycles. The molecule has 1 aromatic heterocycles. The van der Waals surface area contributed by atoms with Gasteiger partial charge in [-0.15, -0.1) is 0 Å². The molecule has 2 heterocycles. The van der Waals surface area contributed by atoms with Crippen LogP contribution in [0.1, 0.15) is 13.3 Å². The maximum Gasteiger partial charge on any atom is 0.323 e. The van der Waals surface area contributed by atoms with Crippen molar-refractivity contribution in [3.05, 3.63) is 6.07 Å². The summed E-state index contributed by atoms with van der Waals surface area (Å²) >= 11 is 0. The van der Waals surface area contributed by atoms with Crippen molar-refractivity contribution in [3.63, 3.8) is 0 Å². The average Bonchev–Trinajstić information content (AvgIpc) is 2.41. The molecule has 6 heteroatoms. The van der Waals surface area contributed by atoms with Gasteiger partial charge >= 0.3 is 6.01 Å². The minimum Gasteiger partial charge on any atom is -0.481 e. The van der Waals surface area contributed by atoms with Gasteiger partial charge < -0.3 is 19.5 Å². The molecule has 2 rings (SSSR count). The number of rotatable bonds is 4. The van der Waals surface area contributed by atoms with Crippen LogP contribution in [-0.2, 0) is 0 Å². The van der Waals surface area contributed by atoms with E-state index in [1.54, 1.807) is 20.3 Å². The van der Waals surface area contributed by atoms with Crippen molar-refractivity contribution in [2.45, 2.75) is 19.4 Å². The van der Waals surface area contributed by atoms with Crippen molar-refractivity contribution in [1.29, 1.82) is 0 Å². The molecule has 2 atom stereocenters. The molecule has 2 unspecified atom stereocenters. The molecule has 1 aliphatic rings. The van der Waals surface area contributed by atoms with Crippen molar-refractivity contribution < 1.29 is 14.2 Å². The molecule has 100 valence electrons.